The first-order valence-electron chi connectivity index (χ1n) is 11.7. The number of rotatable bonds is 6. The Labute approximate surface area is 219 Å². The third-order valence-electron chi connectivity index (χ3n) is 6.55. The van der Waals surface area contributed by atoms with E-state index in [1.54, 1.807) is 31.5 Å². The van der Waals surface area contributed by atoms with Crippen LogP contribution in [0.15, 0.2) is 84.5 Å². The van der Waals surface area contributed by atoms with Gasteiger partial charge in [0, 0.05) is 40.5 Å². The molecule has 1 aliphatic rings. The molecule has 0 radical (unpaired) electrons. The molecule has 1 atom stereocenters. The van der Waals surface area contributed by atoms with Crippen LogP contribution in [0.1, 0.15) is 38.8 Å². The van der Waals surface area contributed by atoms with Crippen LogP contribution in [0.25, 0.3) is 11.4 Å². The summed E-state index contributed by atoms with van der Waals surface area (Å²) in [6.07, 6.45) is 5.46. The van der Waals surface area contributed by atoms with E-state index in [4.69, 9.17) is 21.9 Å². The summed E-state index contributed by atoms with van der Waals surface area (Å²) in [6.45, 7) is 1.93. The number of halogens is 1. The highest BCUT2D eigenvalue weighted by Crippen LogP contribution is 2.36. The van der Waals surface area contributed by atoms with Crippen LogP contribution in [0.3, 0.4) is 0 Å². The van der Waals surface area contributed by atoms with E-state index in [2.05, 4.69) is 10.1 Å². The molecular weight excluding hydrogens is 488 g/mol. The molecule has 0 saturated heterocycles. The van der Waals surface area contributed by atoms with Crippen LogP contribution in [0.5, 0.6) is 5.75 Å². The van der Waals surface area contributed by atoms with E-state index in [0.717, 1.165) is 33.8 Å². The molecule has 0 spiro atoms. The SMILES string of the molecule is COc1cc(/C(=C/[NH2+]C2c3ccccc3C(=O)N(C)c3ccc(Cl)cc32)N=N)ccc1-n1cnc(C)c1. The third kappa shape index (κ3) is 4.52. The number of quaternary nitrogens is 1. The van der Waals surface area contributed by atoms with E-state index in [0.29, 0.717) is 22.0 Å². The van der Waals surface area contributed by atoms with Crippen molar-refractivity contribution < 1.29 is 14.8 Å². The van der Waals surface area contributed by atoms with Gasteiger partial charge in [-0.15, -0.1) is 0 Å². The lowest BCUT2D eigenvalue weighted by Gasteiger charge is -2.19. The molecule has 3 N–H and O–H groups in total. The van der Waals surface area contributed by atoms with E-state index < -0.39 is 0 Å². The molecule has 2 heterocycles. The van der Waals surface area contributed by atoms with Crippen molar-refractivity contribution in [2.75, 3.05) is 19.1 Å². The Morgan fingerprint density at radius 2 is 1.92 bits per heavy atom. The second-order valence-corrected chi connectivity index (χ2v) is 9.23. The molecule has 1 aromatic heterocycles. The van der Waals surface area contributed by atoms with Gasteiger partial charge in [0.15, 0.2) is 0 Å². The molecule has 8 nitrogen and oxygen atoms in total. The van der Waals surface area contributed by atoms with Gasteiger partial charge in [-0.05, 0) is 43.3 Å². The maximum absolute atomic E-state index is 13.3. The van der Waals surface area contributed by atoms with Crippen molar-refractivity contribution in [3.63, 3.8) is 0 Å². The fourth-order valence-corrected chi connectivity index (χ4v) is 4.88. The fourth-order valence-electron chi connectivity index (χ4n) is 4.70. The van der Waals surface area contributed by atoms with Crippen molar-refractivity contribution in [2.45, 2.75) is 13.0 Å². The second kappa shape index (κ2) is 10.0. The summed E-state index contributed by atoms with van der Waals surface area (Å²) in [5.74, 6) is 0.549. The van der Waals surface area contributed by atoms with E-state index >= 15 is 0 Å². The van der Waals surface area contributed by atoms with Gasteiger partial charge < -0.3 is 19.5 Å². The Kier molecular flexibility index (Phi) is 6.60. The number of nitrogens with one attached hydrogen (secondary N) is 1. The molecule has 9 heteroatoms. The minimum absolute atomic E-state index is 0.0838. The zero-order valence-corrected chi connectivity index (χ0v) is 21.4. The Hall–Kier alpha value is -4.27. The van der Waals surface area contributed by atoms with Gasteiger partial charge in [0.1, 0.15) is 23.7 Å². The number of fused-ring (bicyclic) bond motifs is 2. The highest BCUT2D eigenvalue weighted by Gasteiger charge is 2.33. The number of nitrogens with zero attached hydrogens (tertiary/aromatic N) is 4. The van der Waals surface area contributed by atoms with E-state index in [1.807, 2.05) is 83.8 Å². The number of anilines is 1. The summed E-state index contributed by atoms with van der Waals surface area (Å²) >= 11 is 6.39. The second-order valence-electron chi connectivity index (χ2n) is 8.80. The van der Waals surface area contributed by atoms with Crippen molar-refractivity contribution in [2.24, 2.45) is 5.11 Å². The lowest BCUT2D eigenvalue weighted by molar-refractivity contribution is -0.622. The van der Waals surface area contributed by atoms with Gasteiger partial charge in [-0.1, -0.05) is 35.9 Å². The number of carbonyl (C=O) groups excluding carboxylic acids is 1. The first-order chi connectivity index (χ1) is 17.9. The fraction of sp³-hybridized carbons (Fsp3) is 0.143. The lowest BCUT2D eigenvalue weighted by Crippen LogP contribution is -2.79. The first kappa shape index (κ1) is 24.4. The van der Waals surface area contributed by atoms with Crippen LogP contribution in [0.2, 0.25) is 5.02 Å². The summed E-state index contributed by atoms with van der Waals surface area (Å²) in [7, 11) is 3.38. The average molecular weight is 514 g/mol. The van der Waals surface area contributed by atoms with Crippen LogP contribution in [-0.4, -0.2) is 29.6 Å². The van der Waals surface area contributed by atoms with Crippen LogP contribution in [0, 0.1) is 12.5 Å². The van der Waals surface area contributed by atoms with Crippen LogP contribution >= 0.6 is 11.6 Å². The van der Waals surface area contributed by atoms with Crippen molar-refractivity contribution in [3.05, 3.63) is 112 Å². The van der Waals surface area contributed by atoms with Gasteiger partial charge >= 0.3 is 0 Å². The van der Waals surface area contributed by atoms with Crippen molar-refractivity contribution in [1.29, 1.82) is 5.53 Å². The summed E-state index contributed by atoms with van der Waals surface area (Å²) < 4.78 is 7.53. The normalized spacial score (nSPS) is 15.1. The number of amides is 1. The number of imidazole rings is 1. The van der Waals surface area contributed by atoms with Crippen LogP contribution in [-0.2, 0) is 0 Å². The molecular formula is C28H26ClN6O2+. The van der Waals surface area contributed by atoms with Gasteiger partial charge in [0.2, 0.25) is 0 Å². The minimum Gasteiger partial charge on any atom is -0.495 e. The molecule has 0 bridgehead atoms. The molecule has 3 aromatic carbocycles. The van der Waals surface area contributed by atoms with Gasteiger partial charge in [0.25, 0.3) is 5.91 Å². The number of hydrogen-bond donors (Lipinski definition) is 2. The molecule has 1 aliphatic heterocycles. The number of ether oxygens (including phenoxy) is 1. The summed E-state index contributed by atoms with van der Waals surface area (Å²) in [5, 5.41) is 6.36. The maximum Gasteiger partial charge on any atom is 0.258 e. The van der Waals surface area contributed by atoms with Gasteiger partial charge in [-0.3, -0.25) is 4.79 Å². The highest BCUT2D eigenvalue weighted by molar-refractivity contribution is 6.30. The number of benzene rings is 3. The first-order valence-corrected chi connectivity index (χ1v) is 12.1. The highest BCUT2D eigenvalue weighted by atomic mass is 35.5. The molecule has 1 amide bonds. The molecule has 0 fully saturated rings. The quantitative estimate of drug-likeness (QED) is 0.350. The Balaban J connectivity index is 1.57. The van der Waals surface area contributed by atoms with Gasteiger partial charge in [-0.25, -0.2) is 10.5 Å². The Morgan fingerprint density at radius 1 is 1.14 bits per heavy atom. The summed E-state index contributed by atoms with van der Waals surface area (Å²) in [6, 6.07) is 18.5. The standard InChI is InChI=1S/C28H25ClN6O2/c1-17-15-35(16-32-17)25-10-8-18(12-26(25)37-3)23(33-30)14-31-27-20-6-4-5-7-21(20)28(36)34(2)24-11-9-19(29)13-22(24)27/h4-16,27,30-31H,1-3H3/p+1/b23-14-,33-30?. The zero-order valence-electron chi connectivity index (χ0n) is 20.6. The lowest BCUT2D eigenvalue weighted by atomic mass is 9.95. The van der Waals surface area contributed by atoms with E-state index in [-0.39, 0.29) is 11.9 Å². The number of nitrogens with two attached hydrogens (primary N) is 1. The molecule has 37 heavy (non-hydrogen) atoms. The number of hydrogen-bond acceptors (Lipinski definition) is 5. The summed E-state index contributed by atoms with van der Waals surface area (Å²) in [5.41, 5.74) is 14.0. The maximum atomic E-state index is 13.3. The molecule has 1 unspecified atom stereocenters. The van der Waals surface area contributed by atoms with Crippen molar-refractivity contribution in [1.82, 2.24) is 9.55 Å². The number of aryl methyl sites for hydroxylation is 1. The molecule has 0 aliphatic carbocycles. The number of methoxy groups -OCH3 is 1. The van der Waals surface area contributed by atoms with Gasteiger partial charge in [0.05, 0.1) is 30.5 Å². The molecule has 5 rings (SSSR count). The smallest absolute Gasteiger partial charge is 0.258 e. The van der Waals surface area contributed by atoms with E-state index in [1.165, 1.54) is 0 Å². The van der Waals surface area contributed by atoms with Crippen LogP contribution < -0.4 is 15.0 Å². The Morgan fingerprint density at radius 3 is 2.65 bits per heavy atom. The van der Waals surface area contributed by atoms with E-state index in [9.17, 15) is 4.79 Å². The monoisotopic (exact) mass is 513 g/mol. The topological polar surface area (TPSA) is 100 Å². The average Bonchev–Trinajstić information content (AvgIpc) is 3.33. The summed E-state index contributed by atoms with van der Waals surface area (Å²) in [4.78, 5) is 19.2. The van der Waals surface area contributed by atoms with Crippen LogP contribution in [0.4, 0.5) is 5.69 Å². The van der Waals surface area contributed by atoms with Gasteiger partial charge in [-0.2, -0.15) is 5.11 Å². The molecule has 4 aromatic rings. The Bertz CT molecular complexity index is 1540. The van der Waals surface area contributed by atoms with Crippen molar-refractivity contribution in [3.8, 4) is 11.4 Å². The molecule has 0 saturated carbocycles. The molecule has 186 valence electrons. The zero-order chi connectivity index (χ0) is 26.1. The predicted molar refractivity (Wildman–Crippen MR) is 142 cm³/mol. The number of carbonyl (C=O) groups is 1. The number of aromatic nitrogens is 2. The largest absolute Gasteiger partial charge is 0.495 e. The predicted octanol–water partition coefficient (Wildman–Crippen LogP) is 5.12. The van der Waals surface area contributed by atoms with Crippen molar-refractivity contribution >= 4 is 28.9 Å². The third-order valence-corrected chi connectivity index (χ3v) is 6.78. The minimum atomic E-state index is -0.273.